The van der Waals surface area contributed by atoms with E-state index in [2.05, 4.69) is 5.32 Å². The number of hydrogen-bond donors (Lipinski definition) is 1. The van der Waals surface area contributed by atoms with Crippen molar-refractivity contribution in [3.05, 3.63) is 23.1 Å². The lowest BCUT2D eigenvalue weighted by Crippen LogP contribution is -2.33. The molecule has 1 spiro atoms. The highest BCUT2D eigenvalue weighted by atomic mass is 35.5. The Hall–Kier alpha value is -1.00. The van der Waals surface area contributed by atoms with Crippen LogP contribution in [0.1, 0.15) is 23.2 Å². The zero-order valence-corrected chi connectivity index (χ0v) is 10.3. The molecule has 0 radical (unpaired) electrons. The first-order valence-corrected chi connectivity index (χ1v) is 6.31. The number of rotatable bonds is 1. The standard InChI is InChI=1S/C12H15ClN2O2/c13-10-9(1-6-17-10)11(16)15-5-3-12(8-15)2-4-14-7-12/h1,6,14H,2-5,7-8H2. The predicted molar refractivity (Wildman–Crippen MR) is 64.2 cm³/mol. The normalized spacial score (nSPS) is 28.2. The zero-order valence-electron chi connectivity index (χ0n) is 9.54. The molecule has 1 unspecified atom stereocenters. The van der Waals surface area contributed by atoms with Crippen molar-refractivity contribution in [3.63, 3.8) is 0 Å². The second-order valence-electron chi connectivity index (χ2n) is 5.01. The maximum absolute atomic E-state index is 12.2. The highest BCUT2D eigenvalue weighted by Gasteiger charge is 2.42. The maximum Gasteiger partial charge on any atom is 0.258 e. The summed E-state index contributed by atoms with van der Waals surface area (Å²) in [6.07, 6.45) is 3.70. The molecule has 5 heteroatoms. The fraction of sp³-hybridized carbons (Fsp3) is 0.583. The van der Waals surface area contributed by atoms with E-state index in [0.717, 1.165) is 39.0 Å². The smallest absolute Gasteiger partial charge is 0.258 e. The molecule has 2 fully saturated rings. The molecule has 3 heterocycles. The lowest BCUT2D eigenvalue weighted by atomic mass is 9.86. The van der Waals surface area contributed by atoms with Gasteiger partial charge in [0.25, 0.3) is 5.91 Å². The van der Waals surface area contributed by atoms with Gasteiger partial charge in [-0.15, -0.1) is 0 Å². The van der Waals surface area contributed by atoms with Gasteiger partial charge in [-0.3, -0.25) is 4.79 Å². The van der Waals surface area contributed by atoms with Gasteiger partial charge in [-0.1, -0.05) is 0 Å². The lowest BCUT2D eigenvalue weighted by Gasteiger charge is -2.22. The average Bonchev–Trinajstić information content (AvgIpc) is 3.02. The number of carbonyl (C=O) groups excluding carboxylic acids is 1. The van der Waals surface area contributed by atoms with Gasteiger partial charge in [0.1, 0.15) is 0 Å². The third-order valence-corrected chi connectivity index (χ3v) is 4.20. The van der Waals surface area contributed by atoms with E-state index in [1.54, 1.807) is 6.07 Å². The molecular weight excluding hydrogens is 240 g/mol. The van der Waals surface area contributed by atoms with Crippen LogP contribution in [0.25, 0.3) is 0 Å². The van der Waals surface area contributed by atoms with Gasteiger partial charge in [-0.2, -0.15) is 0 Å². The number of nitrogens with zero attached hydrogens (tertiary/aromatic N) is 1. The lowest BCUT2D eigenvalue weighted by molar-refractivity contribution is 0.0775. The third-order valence-electron chi connectivity index (χ3n) is 3.91. The average molecular weight is 255 g/mol. The van der Waals surface area contributed by atoms with Gasteiger partial charge in [-0.05, 0) is 37.1 Å². The van der Waals surface area contributed by atoms with Crippen LogP contribution in [-0.2, 0) is 0 Å². The van der Waals surface area contributed by atoms with Crippen LogP contribution in [0, 0.1) is 5.41 Å². The van der Waals surface area contributed by atoms with Gasteiger partial charge in [0, 0.05) is 25.0 Å². The first kappa shape index (κ1) is 11.1. The number of amides is 1. The van der Waals surface area contributed by atoms with Crippen LogP contribution in [0.5, 0.6) is 0 Å². The van der Waals surface area contributed by atoms with Crippen LogP contribution in [0.15, 0.2) is 16.7 Å². The van der Waals surface area contributed by atoms with Crippen molar-refractivity contribution in [2.45, 2.75) is 12.8 Å². The van der Waals surface area contributed by atoms with E-state index in [4.69, 9.17) is 16.0 Å². The minimum absolute atomic E-state index is 0.00692. The molecule has 2 aliphatic rings. The number of furan rings is 1. The van der Waals surface area contributed by atoms with Crippen molar-refractivity contribution in [1.82, 2.24) is 10.2 Å². The first-order chi connectivity index (χ1) is 8.20. The SMILES string of the molecule is O=C(c1ccoc1Cl)N1CCC2(CCNC2)C1. The van der Waals surface area contributed by atoms with Gasteiger partial charge in [-0.25, -0.2) is 0 Å². The van der Waals surface area contributed by atoms with Crippen LogP contribution >= 0.6 is 11.6 Å². The molecule has 1 aromatic heterocycles. The van der Waals surface area contributed by atoms with Crippen molar-refractivity contribution >= 4 is 17.5 Å². The minimum atomic E-state index is -0.00692. The fourth-order valence-corrected chi connectivity index (χ4v) is 3.06. The molecule has 0 saturated carbocycles. The summed E-state index contributed by atoms with van der Waals surface area (Å²) in [4.78, 5) is 14.1. The minimum Gasteiger partial charge on any atom is -0.452 e. The highest BCUT2D eigenvalue weighted by Crippen LogP contribution is 2.37. The summed E-state index contributed by atoms with van der Waals surface area (Å²) >= 11 is 5.84. The van der Waals surface area contributed by atoms with E-state index in [1.165, 1.54) is 6.26 Å². The zero-order chi connectivity index (χ0) is 11.9. The number of likely N-dealkylation sites (tertiary alicyclic amines) is 1. The Labute approximate surface area is 105 Å². The van der Waals surface area contributed by atoms with Crippen molar-refractivity contribution in [1.29, 1.82) is 0 Å². The summed E-state index contributed by atoms with van der Waals surface area (Å²) in [6.45, 7) is 3.74. The molecule has 92 valence electrons. The van der Waals surface area contributed by atoms with E-state index in [0.29, 0.717) is 11.0 Å². The second-order valence-corrected chi connectivity index (χ2v) is 5.35. The van der Waals surface area contributed by atoms with Crippen LogP contribution in [0.3, 0.4) is 0 Å². The van der Waals surface area contributed by atoms with Crippen LogP contribution in [0.4, 0.5) is 0 Å². The largest absolute Gasteiger partial charge is 0.452 e. The van der Waals surface area contributed by atoms with Crippen molar-refractivity contribution in [2.75, 3.05) is 26.2 Å². The molecule has 2 aliphatic heterocycles. The Morgan fingerprint density at radius 1 is 1.53 bits per heavy atom. The fourth-order valence-electron chi connectivity index (χ4n) is 2.87. The highest BCUT2D eigenvalue weighted by molar-refractivity contribution is 6.32. The third kappa shape index (κ3) is 1.85. The Bertz CT molecular complexity index is 437. The summed E-state index contributed by atoms with van der Waals surface area (Å²) < 4.78 is 4.97. The summed E-state index contributed by atoms with van der Waals surface area (Å²) in [5.41, 5.74) is 0.779. The molecule has 1 amide bonds. The topological polar surface area (TPSA) is 45.5 Å². The summed E-state index contributed by atoms with van der Waals surface area (Å²) in [5, 5.41) is 3.57. The first-order valence-electron chi connectivity index (χ1n) is 5.93. The van der Waals surface area contributed by atoms with E-state index < -0.39 is 0 Å². The van der Waals surface area contributed by atoms with E-state index in [1.807, 2.05) is 4.90 Å². The Kier molecular flexibility index (Phi) is 2.64. The van der Waals surface area contributed by atoms with Gasteiger partial charge in [0.05, 0.1) is 11.8 Å². The molecule has 2 saturated heterocycles. The van der Waals surface area contributed by atoms with Gasteiger partial charge >= 0.3 is 0 Å². The van der Waals surface area contributed by atoms with Crippen LogP contribution in [0.2, 0.25) is 5.22 Å². The summed E-state index contributed by atoms with van der Waals surface area (Å²) in [6, 6.07) is 1.64. The Morgan fingerprint density at radius 3 is 3.06 bits per heavy atom. The van der Waals surface area contributed by atoms with Crippen molar-refractivity contribution in [2.24, 2.45) is 5.41 Å². The van der Waals surface area contributed by atoms with Crippen LogP contribution in [-0.4, -0.2) is 37.0 Å². The van der Waals surface area contributed by atoms with E-state index in [-0.39, 0.29) is 11.1 Å². The summed E-state index contributed by atoms with van der Waals surface area (Å²) in [7, 11) is 0. The van der Waals surface area contributed by atoms with E-state index >= 15 is 0 Å². The number of nitrogens with one attached hydrogen (secondary N) is 1. The van der Waals surface area contributed by atoms with Crippen molar-refractivity contribution < 1.29 is 9.21 Å². The maximum atomic E-state index is 12.2. The number of carbonyl (C=O) groups is 1. The number of hydrogen-bond acceptors (Lipinski definition) is 3. The Morgan fingerprint density at radius 2 is 2.41 bits per heavy atom. The van der Waals surface area contributed by atoms with Gasteiger partial charge in [0.15, 0.2) is 0 Å². The van der Waals surface area contributed by atoms with Gasteiger partial charge < -0.3 is 14.6 Å². The monoisotopic (exact) mass is 254 g/mol. The quantitative estimate of drug-likeness (QED) is 0.831. The molecule has 1 N–H and O–H groups in total. The Balaban J connectivity index is 1.75. The molecule has 3 rings (SSSR count). The predicted octanol–water partition coefficient (Wildman–Crippen LogP) is 1.76. The second kappa shape index (κ2) is 4.03. The molecule has 1 aromatic rings. The molecule has 0 aliphatic carbocycles. The number of halogens is 1. The molecular formula is C12H15ClN2O2. The van der Waals surface area contributed by atoms with E-state index in [9.17, 15) is 4.79 Å². The molecule has 1 atom stereocenters. The van der Waals surface area contributed by atoms with Crippen LogP contribution < -0.4 is 5.32 Å². The molecule has 0 bridgehead atoms. The summed E-state index contributed by atoms with van der Waals surface area (Å²) in [5.74, 6) is -0.00692. The molecule has 17 heavy (non-hydrogen) atoms. The van der Waals surface area contributed by atoms with Crippen molar-refractivity contribution in [3.8, 4) is 0 Å². The molecule has 0 aromatic carbocycles. The molecule has 4 nitrogen and oxygen atoms in total. The van der Waals surface area contributed by atoms with Gasteiger partial charge in [0.2, 0.25) is 5.22 Å².